The molecule has 1 atom stereocenters. The number of rotatable bonds is 6. The Morgan fingerprint density at radius 2 is 1.96 bits per heavy atom. The molecule has 0 bridgehead atoms. The summed E-state index contributed by atoms with van der Waals surface area (Å²) in [4.78, 5) is 13.0. The van der Waals surface area contributed by atoms with Gasteiger partial charge in [0.2, 0.25) is 0 Å². The van der Waals surface area contributed by atoms with Gasteiger partial charge in [0.05, 0.1) is 11.2 Å². The highest BCUT2D eigenvalue weighted by molar-refractivity contribution is 7.99. The van der Waals surface area contributed by atoms with E-state index in [2.05, 4.69) is 4.72 Å². The molecule has 2 aromatic carbocycles. The number of aliphatic carboxylic acids is 1. The van der Waals surface area contributed by atoms with Gasteiger partial charge in [-0.2, -0.15) is 0 Å². The Hall–Kier alpha value is -2.00. The van der Waals surface area contributed by atoms with Crippen LogP contribution in [-0.2, 0) is 22.6 Å². The first kappa shape index (κ1) is 18.8. The summed E-state index contributed by atoms with van der Waals surface area (Å²) in [5, 5.41) is 10.6. The summed E-state index contributed by atoms with van der Waals surface area (Å²) >= 11 is 5.14. The van der Waals surface area contributed by atoms with E-state index in [1.165, 1.54) is 11.8 Å². The summed E-state index contributed by atoms with van der Waals surface area (Å²) in [6.45, 7) is 1.63. The van der Waals surface area contributed by atoms with Gasteiger partial charge in [-0.25, -0.2) is 4.21 Å². The molecule has 3 N–H and O–H groups in total. The minimum atomic E-state index is -2.24. The van der Waals surface area contributed by atoms with Gasteiger partial charge in [-0.3, -0.25) is 14.1 Å². The highest BCUT2D eigenvalue weighted by atomic mass is 35.5. The van der Waals surface area contributed by atoms with Crippen molar-refractivity contribution in [3.8, 4) is 0 Å². The number of hydrogen-bond acceptors (Lipinski definition) is 3. The molecule has 0 saturated carbocycles. The fraction of sp³-hybridized carbons (Fsp3) is 0.118. The zero-order valence-electron chi connectivity index (χ0n) is 13.6. The molecule has 1 aromatic heterocycles. The zero-order valence-corrected chi connectivity index (χ0v) is 16.0. The standard InChI is InChI=1S/C17H15ClN2O4S2/c1-10-17(25-12-7-5-11(18)6-8-12)16-13(19-26(23)24)3-2-4-14(16)20(10)9-15(21)22/h2-8,19H,9H2,1H3,(H,21,22)(H,23,24). The summed E-state index contributed by atoms with van der Waals surface area (Å²) in [6, 6.07) is 12.5. The highest BCUT2D eigenvalue weighted by Gasteiger charge is 2.20. The quantitative estimate of drug-likeness (QED) is 0.524. The van der Waals surface area contributed by atoms with Crippen molar-refractivity contribution in [1.29, 1.82) is 0 Å². The van der Waals surface area contributed by atoms with Crippen molar-refractivity contribution in [2.75, 3.05) is 4.72 Å². The summed E-state index contributed by atoms with van der Waals surface area (Å²) in [6.07, 6.45) is 0. The maximum Gasteiger partial charge on any atom is 0.323 e. The molecule has 0 fully saturated rings. The number of hydrogen-bond donors (Lipinski definition) is 3. The van der Waals surface area contributed by atoms with Crippen LogP contribution in [-0.4, -0.2) is 24.4 Å². The van der Waals surface area contributed by atoms with Gasteiger partial charge in [-0.15, -0.1) is 0 Å². The number of nitrogens with zero attached hydrogens (tertiary/aromatic N) is 1. The van der Waals surface area contributed by atoms with E-state index in [4.69, 9.17) is 11.6 Å². The second-order valence-corrected chi connectivity index (χ2v) is 7.72. The number of fused-ring (bicyclic) bond motifs is 1. The molecule has 0 aliphatic heterocycles. The molecule has 0 spiro atoms. The van der Waals surface area contributed by atoms with E-state index < -0.39 is 17.2 Å². The fourth-order valence-corrected chi connectivity index (χ4v) is 4.32. The molecule has 0 aliphatic carbocycles. The van der Waals surface area contributed by atoms with Crippen LogP contribution < -0.4 is 4.72 Å². The summed E-state index contributed by atoms with van der Waals surface area (Å²) in [5.74, 6) is -0.961. The Balaban J connectivity index is 2.21. The van der Waals surface area contributed by atoms with Crippen LogP contribution in [0.5, 0.6) is 0 Å². The Morgan fingerprint density at radius 3 is 2.58 bits per heavy atom. The van der Waals surface area contributed by atoms with Crippen LogP contribution in [0.1, 0.15) is 5.69 Å². The molecule has 1 heterocycles. The average molecular weight is 411 g/mol. The van der Waals surface area contributed by atoms with Gasteiger partial charge in [0.15, 0.2) is 0 Å². The molecular weight excluding hydrogens is 396 g/mol. The first-order valence-electron chi connectivity index (χ1n) is 7.51. The number of aromatic nitrogens is 1. The second-order valence-electron chi connectivity index (χ2n) is 5.50. The van der Waals surface area contributed by atoms with Crippen molar-refractivity contribution in [3.63, 3.8) is 0 Å². The minimum absolute atomic E-state index is 0.199. The lowest BCUT2D eigenvalue weighted by Gasteiger charge is -2.07. The summed E-state index contributed by atoms with van der Waals surface area (Å²) in [5.41, 5.74) is 1.91. The maximum absolute atomic E-state index is 11.3. The van der Waals surface area contributed by atoms with Crippen LogP contribution >= 0.6 is 23.4 Å². The van der Waals surface area contributed by atoms with Gasteiger partial charge in [0, 0.05) is 25.9 Å². The van der Waals surface area contributed by atoms with Crippen molar-refractivity contribution in [2.45, 2.75) is 23.3 Å². The van der Waals surface area contributed by atoms with Crippen LogP contribution in [0, 0.1) is 6.92 Å². The molecule has 0 amide bonds. The van der Waals surface area contributed by atoms with Crippen LogP contribution in [0.15, 0.2) is 52.3 Å². The highest BCUT2D eigenvalue weighted by Crippen LogP contribution is 2.41. The van der Waals surface area contributed by atoms with Crippen molar-refractivity contribution in [1.82, 2.24) is 4.57 Å². The molecule has 1 unspecified atom stereocenters. The molecular formula is C17H15ClN2O4S2. The van der Waals surface area contributed by atoms with Crippen LogP contribution in [0.25, 0.3) is 10.9 Å². The molecule has 26 heavy (non-hydrogen) atoms. The topological polar surface area (TPSA) is 91.6 Å². The number of carboxylic acid groups (broad SMARTS) is 1. The number of carbonyl (C=O) groups is 1. The zero-order chi connectivity index (χ0) is 18.8. The number of nitrogens with one attached hydrogen (secondary N) is 1. The predicted molar refractivity (Wildman–Crippen MR) is 104 cm³/mol. The summed E-state index contributed by atoms with van der Waals surface area (Å²) in [7, 11) is 0. The van der Waals surface area contributed by atoms with E-state index in [0.29, 0.717) is 21.6 Å². The van der Waals surface area contributed by atoms with E-state index in [9.17, 15) is 18.7 Å². The Morgan fingerprint density at radius 1 is 1.27 bits per heavy atom. The fourth-order valence-electron chi connectivity index (χ4n) is 2.75. The Labute approximate surface area is 161 Å². The van der Waals surface area contributed by atoms with Gasteiger partial charge < -0.3 is 9.67 Å². The van der Waals surface area contributed by atoms with E-state index in [0.717, 1.165) is 15.5 Å². The van der Waals surface area contributed by atoms with Gasteiger partial charge in [0.25, 0.3) is 11.3 Å². The third-order valence-electron chi connectivity index (χ3n) is 3.82. The molecule has 6 nitrogen and oxygen atoms in total. The predicted octanol–water partition coefficient (Wildman–Crippen LogP) is 4.39. The third kappa shape index (κ3) is 3.88. The van der Waals surface area contributed by atoms with E-state index in [-0.39, 0.29) is 6.54 Å². The van der Waals surface area contributed by atoms with Crippen molar-refractivity contribution in [2.24, 2.45) is 0 Å². The molecule has 0 saturated heterocycles. The molecule has 3 rings (SSSR count). The monoisotopic (exact) mass is 410 g/mol. The lowest BCUT2D eigenvalue weighted by Crippen LogP contribution is -2.10. The largest absolute Gasteiger partial charge is 0.480 e. The number of benzene rings is 2. The average Bonchev–Trinajstić information content (AvgIpc) is 2.82. The first-order valence-corrected chi connectivity index (χ1v) is 9.81. The minimum Gasteiger partial charge on any atom is -0.480 e. The maximum atomic E-state index is 11.3. The van der Waals surface area contributed by atoms with Gasteiger partial charge in [-0.05, 0) is 43.3 Å². The van der Waals surface area contributed by atoms with E-state index >= 15 is 0 Å². The smallest absolute Gasteiger partial charge is 0.323 e. The van der Waals surface area contributed by atoms with Crippen molar-refractivity contribution < 1.29 is 18.7 Å². The lowest BCUT2D eigenvalue weighted by molar-refractivity contribution is -0.137. The molecule has 3 aromatic rings. The van der Waals surface area contributed by atoms with Gasteiger partial charge in [-0.1, -0.05) is 29.4 Å². The molecule has 0 radical (unpaired) electrons. The van der Waals surface area contributed by atoms with Crippen molar-refractivity contribution >= 4 is 57.2 Å². The molecule has 0 aliphatic rings. The molecule has 136 valence electrons. The number of halogens is 1. The first-order chi connectivity index (χ1) is 12.4. The third-order valence-corrected chi connectivity index (χ3v) is 5.68. The lowest BCUT2D eigenvalue weighted by atomic mass is 10.2. The van der Waals surface area contributed by atoms with Gasteiger partial charge in [0.1, 0.15) is 6.54 Å². The SMILES string of the molecule is Cc1c(Sc2ccc(Cl)cc2)c2c(NS(=O)O)cccc2n1CC(=O)O. The Bertz CT molecular complexity index is 1000. The summed E-state index contributed by atoms with van der Waals surface area (Å²) < 4.78 is 24.7. The van der Waals surface area contributed by atoms with E-state index in [1.54, 1.807) is 34.9 Å². The Kier molecular flexibility index (Phi) is 5.57. The van der Waals surface area contributed by atoms with Crippen LogP contribution in [0.4, 0.5) is 5.69 Å². The number of anilines is 1. The van der Waals surface area contributed by atoms with Gasteiger partial charge >= 0.3 is 5.97 Å². The second kappa shape index (κ2) is 7.71. The van der Waals surface area contributed by atoms with E-state index in [1.807, 2.05) is 19.1 Å². The number of carboxylic acids is 1. The normalized spacial score (nSPS) is 12.3. The van der Waals surface area contributed by atoms with Crippen LogP contribution in [0.3, 0.4) is 0 Å². The van der Waals surface area contributed by atoms with Crippen LogP contribution in [0.2, 0.25) is 5.02 Å². The molecule has 9 heteroatoms. The van der Waals surface area contributed by atoms with Crippen molar-refractivity contribution in [3.05, 3.63) is 53.2 Å².